The number of benzene rings is 1. The fourth-order valence-corrected chi connectivity index (χ4v) is 5.21. The maximum absolute atomic E-state index is 14.5. The molecule has 174 valence electrons. The first-order chi connectivity index (χ1) is 16.0. The number of halogens is 2. The molecule has 0 unspecified atom stereocenters. The number of anilines is 3. The van der Waals surface area contributed by atoms with Crippen LogP contribution in [0.25, 0.3) is 11.2 Å². The minimum Gasteiger partial charge on any atom is -0.369 e. The van der Waals surface area contributed by atoms with E-state index in [1.165, 1.54) is 18.9 Å². The van der Waals surface area contributed by atoms with Crippen molar-refractivity contribution in [2.75, 3.05) is 10.6 Å². The van der Waals surface area contributed by atoms with Gasteiger partial charge in [-0.2, -0.15) is 4.98 Å². The van der Waals surface area contributed by atoms with E-state index in [1.54, 1.807) is 18.3 Å². The second kappa shape index (κ2) is 9.13. The molecule has 2 saturated carbocycles. The molecule has 5 rings (SSSR count). The highest BCUT2D eigenvalue weighted by Crippen LogP contribution is 2.38. The Labute approximate surface area is 196 Å². The molecule has 0 radical (unpaired) electrons. The first-order valence-corrected chi connectivity index (χ1v) is 11.9. The predicted octanol–water partition coefficient (Wildman–Crippen LogP) is 4.93. The topological polar surface area (TPSA) is 111 Å². The van der Waals surface area contributed by atoms with Crippen LogP contribution in [0.4, 0.5) is 22.0 Å². The van der Waals surface area contributed by atoms with E-state index in [0.29, 0.717) is 41.9 Å². The van der Waals surface area contributed by atoms with Gasteiger partial charge in [0.25, 0.3) is 0 Å². The minimum absolute atomic E-state index is 0.0351. The lowest BCUT2D eigenvalue weighted by atomic mass is 9.85. The van der Waals surface area contributed by atoms with Gasteiger partial charge >= 0.3 is 0 Å². The molecule has 2 aliphatic rings. The average Bonchev–Trinajstić information content (AvgIpc) is 3.44. The van der Waals surface area contributed by atoms with E-state index in [0.717, 1.165) is 25.7 Å². The molecule has 0 atom stereocenters. The second-order valence-electron chi connectivity index (χ2n) is 8.96. The Bertz CT molecular complexity index is 1150. The molecule has 0 spiro atoms. The number of aromatic nitrogens is 4. The summed E-state index contributed by atoms with van der Waals surface area (Å²) in [6, 6.07) is 4.95. The summed E-state index contributed by atoms with van der Waals surface area (Å²) >= 11 is 6.26. The number of fused-ring (bicyclic) bond motifs is 1. The van der Waals surface area contributed by atoms with E-state index in [1.807, 2.05) is 4.57 Å². The van der Waals surface area contributed by atoms with Crippen molar-refractivity contribution in [1.82, 2.24) is 19.5 Å². The maximum Gasteiger partial charge on any atom is 0.224 e. The van der Waals surface area contributed by atoms with Gasteiger partial charge in [-0.3, -0.25) is 9.36 Å². The van der Waals surface area contributed by atoms with Gasteiger partial charge in [-0.1, -0.05) is 30.5 Å². The number of amides is 1. The van der Waals surface area contributed by atoms with Crippen LogP contribution in [0.2, 0.25) is 5.02 Å². The zero-order valence-corrected chi connectivity index (χ0v) is 19.0. The van der Waals surface area contributed by atoms with Gasteiger partial charge in [0.1, 0.15) is 11.3 Å². The molecule has 0 bridgehead atoms. The lowest BCUT2D eigenvalue weighted by Gasteiger charge is -2.29. The van der Waals surface area contributed by atoms with Gasteiger partial charge in [-0.25, -0.2) is 14.4 Å². The van der Waals surface area contributed by atoms with Crippen molar-refractivity contribution < 1.29 is 9.18 Å². The van der Waals surface area contributed by atoms with Gasteiger partial charge in [-0.15, -0.1) is 0 Å². The number of nitrogens with two attached hydrogens (primary N) is 1. The van der Waals surface area contributed by atoms with Crippen LogP contribution >= 0.6 is 11.6 Å². The van der Waals surface area contributed by atoms with Crippen LogP contribution in [0.15, 0.2) is 24.4 Å². The van der Waals surface area contributed by atoms with Crippen molar-refractivity contribution in [2.45, 2.75) is 63.5 Å². The molecule has 8 nitrogen and oxygen atoms in total. The summed E-state index contributed by atoms with van der Waals surface area (Å²) < 4.78 is 16.5. The second-order valence-corrected chi connectivity index (χ2v) is 9.37. The summed E-state index contributed by atoms with van der Waals surface area (Å²) in [5, 5.41) is 6.79. The summed E-state index contributed by atoms with van der Waals surface area (Å²) in [7, 11) is 0. The Morgan fingerprint density at radius 3 is 2.58 bits per heavy atom. The minimum atomic E-state index is -0.465. The van der Waals surface area contributed by atoms with Gasteiger partial charge in [-0.05, 0) is 50.7 Å². The smallest absolute Gasteiger partial charge is 0.224 e. The standard InChI is InChI=1S/C23H27ClFN7O/c24-16-6-3-7-17(25)19(16)30-23-29-18-12-27-22(28-14-4-1-2-5-14)31-21(18)32(23)15-10-8-13(9-11-15)20(26)33/h3,6-7,12-15H,1-2,4-5,8-11H2,(H2,26,33)(H,29,30)(H,27,28,31). The van der Waals surface area contributed by atoms with Gasteiger partial charge in [0, 0.05) is 18.0 Å². The predicted molar refractivity (Wildman–Crippen MR) is 126 cm³/mol. The molecular formula is C23H27ClFN7O. The van der Waals surface area contributed by atoms with Gasteiger partial charge in [0.15, 0.2) is 5.65 Å². The van der Waals surface area contributed by atoms with Crippen molar-refractivity contribution in [3.05, 3.63) is 35.2 Å². The van der Waals surface area contributed by atoms with Crippen molar-refractivity contribution in [3.63, 3.8) is 0 Å². The number of hydrogen-bond acceptors (Lipinski definition) is 6. The molecule has 2 heterocycles. The van der Waals surface area contributed by atoms with Gasteiger partial charge < -0.3 is 16.4 Å². The number of nitrogens with one attached hydrogen (secondary N) is 2. The zero-order valence-electron chi connectivity index (χ0n) is 18.2. The monoisotopic (exact) mass is 471 g/mol. The molecule has 2 fully saturated rings. The van der Waals surface area contributed by atoms with Gasteiger partial charge in [0.2, 0.25) is 17.8 Å². The van der Waals surface area contributed by atoms with Crippen LogP contribution in [0.1, 0.15) is 57.4 Å². The summed E-state index contributed by atoms with van der Waals surface area (Å²) in [4.78, 5) is 25.6. The number of nitrogens with zero attached hydrogens (tertiary/aromatic N) is 4. The molecule has 0 aliphatic heterocycles. The third kappa shape index (κ3) is 4.46. The Morgan fingerprint density at radius 2 is 1.88 bits per heavy atom. The van der Waals surface area contributed by atoms with Crippen LogP contribution in [-0.2, 0) is 4.79 Å². The fourth-order valence-electron chi connectivity index (χ4n) is 4.99. The highest BCUT2D eigenvalue weighted by Gasteiger charge is 2.29. The largest absolute Gasteiger partial charge is 0.369 e. The fraction of sp³-hybridized carbons (Fsp3) is 0.478. The van der Waals surface area contributed by atoms with E-state index in [2.05, 4.69) is 20.6 Å². The van der Waals surface area contributed by atoms with E-state index < -0.39 is 5.82 Å². The number of carbonyl (C=O) groups excluding carboxylic acids is 1. The molecule has 2 aromatic heterocycles. The molecule has 1 amide bonds. The highest BCUT2D eigenvalue weighted by atomic mass is 35.5. The molecule has 4 N–H and O–H groups in total. The van der Waals surface area contributed by atoms with Crippen LogP contribution in [0.3, 0.4) is 0 Å². The summed E-state index contributed by atoms with van der Waals surface area (Å²) in [6.45, 7) is 0. The Kier molecular flexibility index (Phi) is 6.05. The van der Waals surface area contributed by atoms with Crippen LogP contribution in [-0.4, -0.2) is 31.5 Å². The van der Waals surface area contributed by atoms with Crippen LogP contribution < -0.4 is 16.4 Å². The molecule has 1 aromatic carbocycles. The quantitative estimate of drug-likeness (QED) is 0.470. The Morgan fingerprint density at radius 1 is 1.12 bits per heavy atom. The molecule has 0 saturated heterocycles. The lowest BCUT2D eigenvalue weighted by molar-refractivity contribution is -0.122. The van der Waals surface area contributed by atoms with E-state index in [-0.39, 0.29) is 28.6 Å². The third-order valence-electron chi connectivity index (χ3n) is 6.78. The SMILES string of the molecule is NC(=O)C1CCC(n2c(Nc3c(F)cccc3Cl)nc3cnc(NC4CCCC4)nc32)CC1. The summed E-state index contributed by atoms with van der Waals surface area (Å²) in [5.74, 6) is 0.172. The van der Waals surface area contributed by atoms with Crippen molar-refractivity contribution >= 4 is 46.3 Å². The lowest BCUT2D eigenvalue weighted by Crippen LogP contribution is -2.29. The highest BCUT2D eigenvalue weighted by molar-refractivity contribution is 6.33. The van der Waals surface area contributed by atoms with Crippen LogP contribution in [0, 0.1) is 11.7 Å². The average molecular weight is 472 g/mol. The molecule has 33 heavy (non-hydrogen) atoms. The molecule has 10 heteroatoms. The zero-order chi connectivity index (χ0) is 22.9. The van der Waals surface area contributed by atoms with Gasteiger partial charge in [0.05, 0.1) is 16.9 Å². The number of para-hydroxylation sites is 1. The number of hydrogen-bond donors (Lipinski definition) is 3. The van der Waals surface area contributed by atoms with Crippen LogP contribution in [0.5, 0.6) is 0 Å². The van der Waals surface area contributed by atoms with Crippen molar-refractivity contribution in [1.29, 1.82) is 0 Å². The Balaban J connectivity index is 1.53. The number of imidazole rings is 1. The first-order valence-electron chi connectivity index (χ1n) is 11.5. The molecular weight excluding hydrogens is 445 g/mol. The maximum atomic E-state index is 14.5. The Hall–Kier alpha value is -2.94. The summed E-state index contributed by atoms with van der Waals surface area (Å²) in [6.07, 6.45) is 9.20. The number of primary amides is 1. The number of rotatable bonds is 6. The van der Waals surface area contributed by atoms with E-state index in [4.69, 9.17) is 22.3 Å². The molecule has 3 aromatic rings. The third-order valence-corrected chi connectivity index (χ3v) is 7.10. The first kappa shape index (κ1) is 21.9. The summed E-state index contributed by atoms with van der Waals surface area (Å²) in [5.41, 5.74) is 6.97. The van der Waals surface area contributed by atoms with E-state index in [9.17, 15) is 9.18 Å². The normalized spacial score (nSPS) is 21.4. The number of carbonyl (C=O) groups is 1. The van der Waals surface area contributed by atoms with E-state index >= 15 is 0 Å². The molecule has 2 aliphatic carbocycles. The van der Waals surface area contributed by atoms with Crippen molar-refractivity contribution in [2.24, 2.45) is 11.7 Å². The van der Waals surface area contributed by atoms with Crippen molar-refractivity contribution in [3.8, 4) is 0 Å².